The summed E-state index contributed by atoms with van der Waals surface area (Å²) in [7, 11) is 0. The van der Waals surface area contributed by atoms with Crippen molar-refractivity contribution in [3.8, 4) is 0 Å². The normalized spacial score (nSPS) is 22.6. The predicted octanol–water partition coefficient (Wildman–Crippen LogP) is 3.74. The third kappa shape index (κ3) is 5.24. The minimum absolute atomic E-state index is 0. The lowest BCUT2D eigenvalue weighted by atomic mass is 10.0. The Morgan fingerprint density at radius 2 is 1.52 bits per heavy atom. The Kier molecular flexibility index (Phi) is 8.59. The van der Waals surface area contributed by atoms with Crippen LogP contribution in [0.3, 0.4) is 0 Å². The van der Waals surface area contributed by atoms with Gasteiger partial charge in [-0.3, -0.25) is 4.90 Å². The fourth-order valence-corrected chi connectivity index (χ4v) is 4.41. The van der Waals surface area contributed by atoms with Crippen LogP contribution >= 0.6 is 24.8 Å². The molecule has 0 radical (unpaired) electrons. The molecule has 148 valence electrons. The van der Waals surface area contributed by atoms with E-state index in [0.29, 0.717) is 0 Å². The molecule has 2 aromatic carbocycles. The molecule has 1 fully saturated rings. The highest BCUT2D eigenvalue weighted by atomic mass is 35.5. The minimum atomic E-state index is -0.248. The number of aryl methyl sites for hydroxylation is 1. The first kappa shape index (κ1) is 22.2. The highest BCUT2D eigenvalue weighted by Crippen LogP contribution is 2.36. The number of rotatable bonds is 5. The van der Waals surface area contributed by atoms with Crippen molar-refractivity contribution in [2.45, 2.75) is 31.4 Å². The van der Waals surface area contributed by atoms with E-state index < -0.39 is 0 Å². The zero-order valence-corrected chi connectivity index (χ0v) is 17.3. The topological polar surface area (TPSA) is 26.7 Å². The van der Waals surface area contributed by atoms with Gasteiger partial charge in [-0.2, -0.15) is 0 Å². The second kappa shape index (κ2) is 10.4. The molecule has 2 aliphatic rings. The van der Waals surface area contributed by atoms with Crippen molar-refractivity contribution in [2.75, 3.05) is 32.7 Å². The molecule has 0 bridgehead atoms. The molecule has 3 nitrogen and oxygen atoms in total. The maximum Gasteiger partial charge on any atom is 0.0777 e. The Morgan fingerprint density at radius 3 is 2.26 bits per heavy atom. The van der Waals surface area contributed by atoms with E-state index in [2.05, 4.69) is 64.4 Å². The van der Waals surface area contributed by atoms with Gasteiger partial charge in [-0.15, -0.1) is 24.8 Å². The summed E-state index contributed by atoms with van der Waals surface area (Å²) in [5, 5.41) is 10.5. The molecule has 1 heterocycles. The first-order valence-corrected chi connectivity index (χ1v) is 9.57. The zero-order chi connectivity index (χ0) is 17.1. The first-order chi connectivity index (χ1) is 12.3. The molecule has 1 aliphatic carbocycles. The van der Waals surface area contributed by atoms with E-state index in [0.717, 1.165) is 39.0 Å². The first-order valence-electron chi connectivity index (χ1n) is 9.57. The summed E-state index contributed by atoms with van der Waals surface area (Å²) in [6.45, 7) is 5.51. The number of hydrogen-bond acceptors (Lipinski definition) is 3. The zero-order valence-electron chi connectivity index (χ0n) is 15.7. The highest BCUT2D eigenvalue weighted by molar-refractivity contribution is 5.85. The SMILES string of the molecule is Cl.Cl.O[C@H]1Cc2ccccc2[C@H]1N1CCN(CCCc2ccccc2)CC1. The van der Waals surface area contributed by atoms with Crippen LogP contribution in [0.5, 0.6) is 0 Å². The third-order valence-corrected chi connectivity index (χ3v) is 5.75. The maximum absolute atomic E-state index is 10.5. The Morgan fingerprint density at radius 1 is 0.852 bits per heavy atom. The Balaban J connectivity index is 0.00000131. The molecule has 0 amide bonds. The highest BCUT2D eigenvalue weighted by Gasteiger charge is 2.36. The van der Waals surface area contributed by atoms with Gasteiger partial charge in [0.05, 0.1) is 12.1 Å². The molecular formula is C22H30Cl2N2O. The van der Waals surface area contributed by atoms with Gasteiger partial charge in [0, 0.05) is 32.6 Å². The van der Waals surface area contributed by atoms with Crippen LogP contribution in [-0.2, 0) is 12.8 Å². The van der Waals surface area contributed by atoms with Crippen molar-refractivity contribution >= 4 is 24.8 Å². The quantitative estimate of drug-likeness (QED) is 0.815. The van der Waals surface area contributed by atoms with E-state index in [9.17, 15) is 5.11 Å². The molecule has 0 unspecified atom stereocenters. The fourth-order valence-electron chi connectivity index (χ4n) is 4.41. The van der Waals surface area contributed by atoms with Gasteiger partial charge >= 0.3 is 0 Å². The van der Waals surface area contributed by atoms with Crippen LogP contribution in [0.25, 0.3) is 0 Å². The van der Waals surface area contributed by atoms with Crippen molar-refractivity contribution in [3.05, 3.63) is 71.3 Å². The van der Waals surface area contributed by atoms with Gasteiger partial charge in [-0.25, -0.2) is 0 Å². The van der Waals surface area contributed by atoms with Crippen LogP contribution in [0.1, 0.15) is 29.2 Å². The summed E-state index contributed by atoms with van der Waals surface area (Å²) in [5.74, 6) is 0. The molecule has 2 atom stereocenters. The number of fused-ring (bicyclic) bond motifs is 1. The lowest BCUT2D eigenvalue weighted by molar-refractivity contribution is 0.0274. The van der Waals surface area contributed by atoms with Crippen molar-refractivity contribution < 1.29 is 5.11 Å². The average Bonchev–Trinajstić information content (AvgIpc) is 2.99. The smallest absolute Gasteiger partial charge is 0.0777 e. The van der Waals surface area contributed by atoms with Gasteiger partial charge in [0.15, 0.2) is 0 Å². The van der Waals surface area contributed by atoms with Crippen LogP contribution in [0.2, 0.25) is 0 Å². The molecular weight excluding hydrogens is 379 g/mol. The van der Waals surface area contributed by atoms with Gasteiger partial charge in [-0.05, 0) is 36.1 Å². The van der Waals surface area contributed by atoms with E-state index in [-0.39, 0.29) is 37.0 Å². The van der Waals surface area contributed by atoms with Crippen molar-refractivity contribution in [2.24, 2.45) is 0 Å². The molecule has 27 heavy (non-hydrogen) atoms. The summed E-state index contributed by atoms with van der Waals surface area (Å²) in [6, 6.07) is 19.5. The molecule has 0 spiro atoms. The number of hydrogen-bond donors (Lipinski definition) is 1. The Bertz CT molecular complexity index is 690. The molecule has 2 aromatic rings. The van der Waals surface area contributed by atoms with Crippen LogP contribution in [0, 0.1) is 0 Å². The number of nitrogens with zero attached hydrogens (tertiary/aromatic N) is 2. The average molecular weight is 409 g/mol. The van der Waals surface area contributed by atoms with Gasteiger partial charge in [0.25, 0.3) is 0 Å². The number of aliphatic hydroxyl groups is 1. The second-order valence-corrected chi connectivity index (χ2v) is 7.38. The Hall–Kier alpha value is -1.10. The molecule has 0 saturated carbocycles. The van der Waals surface area contributed by atoms with Crippen LogP contribution < -0.4 is 0 Å². The summed E-state index contributed by atoms with van der Waals surface area (Å²) < 4.78 is 0. The van der Waals surface area contributed by atoms with Crippen molar-refractivity contribution in [3.63, 3.8) is 0 Å². The van der Waals surface area contributed by atoms with E-state index in [4.69, 9.17) is 0 Å². The van der Waals surface area contributed by atoms with Crippen molar-refractivity contribution in [1.29, 1.82) is 0 Å². The summed E-state index contributed by atoms with van der Waals surface area (Å²) in [6.07, 6.45) is 2.94. The largest absolute Gasteiger partial charge is 0.391 e. The second-order valence-electron chi connectivity index (χ2n) is 7.38. The minimum Gasteiger partial charge on any atom is -0.391 e. The van der Waals surface area contributed by atoms with Crippen LogP contribution in [0.15, 0.2) is 54.6 Å². The Labute approximate surface area is 175 Å². The van der Waals surface area contributed by atoms with Gasteiger partial charge < -0.3 is 10.0 Å². The van der Waals surface area contributed by atoms with Gasteiger partial charge in [0.1, 0.15) is 0 Å². The number of benzene rings is 2. The predicted molar refractivity (Wildman–Crippen MR) is 116 cm³/mol. The van der Waals surface area contributed by atoms with E-state index in [1.807, 2.05) is 0 Å². The molecule has 1 N–H and O–H groups in total. The third-order valence-electron chi connectivity index (χ3n) is 5.75. The van der Waals surface area contributed by atoms with E-state index in [1.165, 1.54) is 29.7 Å². The standard InChI is InChI=1S/C22H28N2O.2ClH/c25-21-17-19-10-4-5-11-20(19)22(21)24-15-13-23(14-16-24)12-6-9-18-7-2-1-3-8-18;;/h1-5,7-8,10-11,21-22,25H,6,9,12-17H2;2*1H/t21-,22+;;/m0../s1. The molecule has 5 heteroatoms. The van der Waals surface area contributed by atoms with E-state index in [1.54, 1.807) is 0 Å². The van der Waals surface area contributed by atoms with Gasteiger partial charge in [0.2, 0.25) is 0 Å². The molecule has 0 aromatic heterocycles. The number of halogens is 2. The summed E-state index contributed by atoms with van der Waals surface area (Å²) in [5.41, 5.74) is 4.10. The maximum atomic E-state index is 10.5. The number of piperazine rings is 1. The van der Waals surface area contributed by atoms with Crippen LogP contribution in [-0.4, -0.2) is 53.7 Å². The van der Waals surface area contributed by atoms with Crippen LogP contribution in [0.4, 0.5) is 0 Å². The van der Waals surface area contributed by atoms with Gasteiger partial charge in [-0.1, -0.05) is 54.6 Å². The monoisotopic (exact) mass is 408 g/mol. The molecule has 1 saturated heterocycles. The lowest BCUT2D eigenvalue weighted by Gasteiger charge is -2.39. The van der Waals surface area contributed by atoms with Crippen molar-refractivity contribution in [1.82, 2.24) is 9.80 Å². The summed E-state index contributed by atoms with van der Waals surface area (Å²) in [4.78, 5) is 5.07. The summed E-state index contributed by atoms with van der Waals surface area (Å²) >= 11 is 0. The lowest BCUT2D eigenvalue weighted by Crippen LogP contribution is -2.49. The molecule has 4 rings (SSSR count). The van der Waals surface area contributed by atoms with E-state index >= 15 is 0 Å². The number of aliphatic hydroxyl groups excluding tert-OH is 1. The fraction of sp³-hybridized carbons (Fsp3) is 0.455. The molecule has 1 aliphatic heterocycles.